The average Bonchev–Trinajstić information content (AvgIpc) is 2.49. The molecule has 0 saturated heterocycles. The molecule has 0 aliphatic carbocycles. The number of amides is 2. The molecule has 7 nitrogen and oxygen atoms in total. The van der Waals surface area contributed by atoms with Crippen LogP contribution in [0.3, 0.4) is 0 Å². The van der Waals surface area contributed by atoms with E-state index in [9.17, 15) is 13.2 Å². The molecule has 0 radical (unpaired) electrons. The van der Waals surface area contributed by atoms with Gasteiger partial charge < -0.3 is 9.92 Å². The molecule has 0 unspecified atom stereocenters. The zero-order chi connectivity index (χ0) is 16.0. The molecule has 0 saturated carbocycles. The van der Waals surface area contributed by atoms with Crippen LogP contribution in [0.2, 0.25) is 0 Å². The minimum Gasteiger partial charge on any atom is -0.379 e. The van der Waals surface area contributed by atoms with E-state index in [1.54, 1.807) is 30.3 Å². The van der Waals surface area contributed by atoms with Gasteiger partial charge in [-0.15, -0.1) is 0 Å². The van der Waals surface area contributed by atoms with E-state index in [1.165, 1.54) is 30.5 Å². The van der Waals surface area contributed by atoms with Crippen molar-refractivity contribution in [2.45, 2.75) is 4.90 Å². The summed E-state index contributed by atoms with van der Waals surface area (Å²) in [6.07, 6.45) is 1.36. The van der Waals surface area contributed by atoms with Crippen LogP contribution in [0.1, 0.15) is 5.56 Å². The minimum absolute atomic E-state index is 0.0753. The summed E-state index contributed by atoms with van der Waals surface area (Å²) in [6.45, 7) is 0. The van der Waals surface area contributed by atoms with Crippen LogP contribution in [-0.4, -0.2) is 20.7 Å². The number of primary amides is 1. The molecule has 0 aliphatic heterocycles. The zero-order valence-electron chi connectivity index (χ0n) is 11.3. The number of hydrogen-bond acceptors (Lipinski definition) is 5. The lowest BCUT2D eigenvalue weighted by atomic mass is 10.2. The fourth-order valence-electron chi connectivity index (χ4n) is 1.54. The van der Waals surface area contributed by atoms with Gasteiger partial charge in [0.2, 0.25) is 0 Å². The van der Waals surface area contributed by atoms with Gasteiger partial charge in [-0.05, 0) is 42.0 Å². The Balaban J connectivity index is 2.08. The quantitative estimate of drug-likeness (QED) is 0.493. The number of benzene rings is 2. The van der Waals surface area contributed by atoms with Crippen molar-refractivity contribution in [2.75, 3.05) is 0 Å². The molecule has 0 fully saturated rings. The topological polar surface area (TPSA) is 111 Å². The minimum atomic E-state index is -3.86. The summed E-state index contributed by atoms with van der Waals surface area (Å²) in [5.74, 6) is 0.170. The Morgan fingerprint density at radius 3 is 2.32 bits per heavy atom. The van der Waals surface area contributed by atoms with Gasteiger partial charge in [0.05, 0.1) is 6.21 Å². The molecular formula is C14H13N3O4S. The van der Waals surface area contributed by atoms with Crippen LogP contribution in [0, 0.1) is 0 Å². The first kappa shape index (κ1) is 15.5. The van der Waals surface area contributed by atoms with Gasteiger partial charge in [0.15, 0.2) is 0 Å². The van der Waals surface area contributed by atoms with Crippen molar-refractivity contribution in [3.8, 4) is 5.75 Å². The number of hydrazone groups is 1. The summed E-state index contributed by atoms with van der Waals surface area (Å²) >= 11 is 0. The molecule has 22 heavy (non-hydrogen) atoms. The summed E-state index contributed by atoms with van der Waals surface area (Å²) in [4.78, 5) is 10.5. The Bertz CT molecular complexity index is 771. The molecule has 3 N–H and O–H groups in total. The summed E-state index contributed by atoms with van der Waals surface area (Å²) in [5, 5.41) is 3.58. The van der Waals surface area contributed by atoms with Crippen LogP contribution >= 0.6 is 0 Å². The number of urea groups is 1. The smallest absolute Gasteiger partial charge is 0.339 e. The third-order valence-electron chi connectivity index (χ3n) is 2.51. The van der Waals surface area contributed by atoms with E-state index in [2.05, 4.69) is 5.10 Å². The number of hydrogen-bond donors (Lipinski definition) is 2. The summed E-state index contributed by atoms with van der Waals surface area (Å²) in [7, 11) is -3.86. The van der Waals surface area contributed by atoms with Crippen molar-refractivity contribution < 1.29 is 17.4 Å². The van der Waals surface area contributed by atoms with Gasteiger partial charge in [0, 0.05) is 0 Å². The molecular weight excluding hydrogens is 306 g/mol. The molecule has 0 heterocycles. The molecule has 8 heteroatoms. The van der Waals surface area contributed by atoms with Crippen molar-refractivity contribution in [2.24, 2.45) is 10.8 Å². The number of carbonyl (C=O) groups is 1. The Morgan fingerprint density at radius 2 is 1.73 bits per heavy atom. The SMILES string of the molecule is NC(=O)N/N=C\c1ccc(OS(=O)(=O)c2ccccc2)cc1. The van der Waals surface area contributed by atoms with E-state index in [0.29, 0.717) is 5.56 Å². The summed E-state index contributed by atoms with van der Waals surface area (Å²) in [5.41, 5.74) is 7.54. The predicted molar refractivity (Wildman–Crippen MR) is 81.0 cm³/mol. The van der Waals surface area contributed by atoms with Gasteiger partial charge in [-0.25, -0.2) is 10.2 Å². The van der Waals surface area contributed by atoms with E-state index < -0.39 is 16.1 Å². The van der Waals surface area contributed by atoms with Crippen LogP contribution in [-0.2, 0) is 10.1 Å². The van der Waals surface area contributed by atoms with E-state index >= 15 is 0 Å². The van der Waals surface area contributed by atoms with Crippen molar-refractivity contribution >= 4 is 22.4 Å². The third-order valence-corrected chi connectivity index (χ3v) is 3.77. The van der Waals surface area contributed by atoms with Crippen LogP contribution in [0.5, 0.6) is 5.75 Å². The molecule has 0 aromatic heterocycles. The van der Waals surface area contributed by atoms with E-state index in [-0.39, 0.29) is 10.6 Å². The number of rotatable bonds is 5. The monoisotopic (exact) mass is 319 g/mol. The number of nitrogens with one attached hydrogen (secondary N) is 1. The first-order valence-corrected chi connectivity index (χ1v) is 7.56. The average molecular weight is 319 g/mol. The fourth-order valence-corrected chi connectivity index (χ4v) is 2.49. The van der Waals surface area contributed by atoms with E-state index in [4.69, 9.17) is 9.92 Å². The van der Waals surface area contributed by atoms with Crippen molar-refractivity contribution in [3.05, 3.63) is 60.2 Å². The Labute approximate surface area is 127 Å². The van der Waals surface area contributed by atoms with Gasteiger partial charge in [0.1, 0.15) is 10.6 Å². The lowest BCUT2D eigenvalue weighted by Crippen LogP contribution is -2.24. The third kappa shape index (κ3) is 4.32. The molecule has 114 valence electrons. The molecule has 2 aromatic rings. The second-order valence-corrected chi connectivity index (χ2v) is 5.70. The second kappa shape index (κ2) is 6.72. The lowest BCUT2D eigenvalue weighted by molar-refractivity contribution is 0.249. The van der Waals surface area contributed by atoms with Crippen LogP contribution in [0.25, 0.3) is 0 Å². The van der Waals surface area contributed by atoms with Crippen LogP contribution in [0.4, 0.5) is 4.79 Å². The maximum Gasteiger partial charge on any atom is 0.339 e. The maximum atomic E-state index is 12.0. The molecule has 0 aliphatic rings. The zero-order valence-corrected chi connectivity index (χ0v) is 12.2. The highest BCUT2D eigenvalue weighted by molar-refractivity contribution is 7.87. The van der Waals surface area contributed by atoms with Gasteiger partial charge >= 0.3 is 16.1 Å². The van der Waals surface area contributed by atoms with Gasteiger partial charge in [0.25, 0.3) is 0 Å². The summed E-state index contributed by atoms with van der Waals surface area (Å²) in [6, 6.07) is 13.2. The number of nitrogens with zero attached hydrogens (tertiary/aromatic N) is 1. The maximum absolute atomic E-state index is 12.0. The van der Waals surface area contributed by atoms with E-state index in [1.807, 2.05) is 5.43 Å². The van der Waals surface area contributed by atoms with E-state index in [0.717, 1.165) is 0 Å². The van der Waals surface area contributed by atoms with Crippen molar-refractivity contribution in [1.82, 2.24) is 5.43 Å². The highest BCUT2D eigenvalue weighted by Gasteiger charge is 2.15. The first-order valence-electron chi connectivity index (χ1n) is 6.15. The molecule has 0 spiro atoms. The normalized spacial score (nSPS) is 11.3. The highest BCUT2D eigenvalue weighted by atomic mass is 32.2. The van der Waals surface area contributed by atoms with Gasteiger partial charge in [-0.2, -0.15) is 13.5 Å². The van der Waals surface area contributed by atoms with Gasteiger partial charge in [-0.3, -0.25) is 0 Å². The molecule has 0 atom stereocenters. The Kier molecular flexibility index (Phi) is 4.74. The fraction of sp³-hybridized carbons (Fsp3) is 0. The molecule has 0 bridgehead atoms. The van der Waals surface area contributed by atoms with Crippen LogP contribution < -0.4 is 15.3 Å². The lowest BCUT2D eigenvalue weighted by Gasteiger charge is -2.06. The summed E-state index contributed by atoms with van der Waals surface area (Å²) < 4.78 is 29.1. The largest absolute Gasteiger partial charge is 0.379 e. The molecule has 2 aromatic carbocycles. The highest BCUT2D eigenvalue weighted by Crippen LogP contribution is 2.18. The predicted octanol–water partition coefficient (Wildman–Crippen LogP) is 1.46. The van der Waals surface area contributed by atoms with Crippen molar-refractivity contribution in [3.63, 3.8) is 0 Å². The standard InChI is InChI=1S/C14H13N3O4S/c15-14(18)17-16-10-11-6-8-12(9-7-11)21-22(19,20)13-4-2-1-3-5-13/h1-10H,(H3,15,17,18)/b16-10-. The second-order valence-electron chi connectivity index (χ2n) is 4.15. The number of nitrogens with two attached hydrogens (primary N) is 1. The Hall–Kier alpha value is -2.87. The van der Waals surface area contributed by atoms with Crippen LogP contribution in [0.15, 0.2) is 64.6 Å². The van der Waals surface area contributed by atoms with Gasteiger partial charge in [-0.1, -0.05) is 18.2 Å². The first-order chi connectivity index (χ1) is 10.5. The number of carbonyl (C=O) groups excluding carboxylic acids is 1. The molecule has 2 rings (SSSR count). The molecule has 2 amide bonds. The van der Waals surface area contributed by atoms with Crippen molar-refractivity contribution in [1.29, 1.82) is 0 Å². The Morgan fingerprint density at radius 1 is 1.09 bits per heavy atom.